The molecule has 0 aliphatic heterocycles. The zero-order valence-electron chi connectivity index (χ0n) is 13.7. The Hall–Kier alpha value is -1.59. The first kappa shape index (κ1) is 17.8. The van der Waals surface area contributed by atoms with Crippen LogP contribution in [0.15, 0.2) is 46.9 Å². The van der Waals surface area contributed by atoms with E-state index in [1.165, 1.54) is 5.56 Å². The second kappa shape index (κ2) is 7.32. The van der Waals surface area contributed by atoms with Crippen molar-refractivity contribution < 1.29 is 4.74 Å². The van der Waals surface area contributed by atoms with Gasteiger partial charge in [-0.05, 0) is 59.6 Å². The number of rotatable bonds is 3. The van der Waals surface area contributed by atoms with Crippen molar-refractivity contribution in [2.75, 3.05) is 17.7 Å². The van der Waals surface area contributed by atoms with Crippen molar-refractivity contribution >= 4 is 44.6 Å². The number of anilines is 2. The van der Waals surface area contributed by atoms with E-state index >= 15 is 0 Å². The number of benzene rings is 2. The van der Waals surface area contributed by atoms with Gasteiger partial charge in [0.2, 0.25) is 0 Å². The summed E-state index contributed by atoms with van der Waals surface area (Å²) in [4.78, 5) is 0. The third kappa shape index (κ3) is 4.94. The zero-order valence-corrected chi connectivity index (χ0v) is 16.1. The second-order valence-electron chi connectivity index (χ2n) is 6.25. The lowest BCUT2D eigenvalue weighted by Crippen LogP contribution is -2.20. The molecule has 0 radical (unpaired) electrons. The first-order valence-corrected chi connectivity index (χ1v) is 8.52. The maximum Gasteiger partial charge on any atom is 0.175 e. The Morgan fingerprint density at radius 1 is 1.04 bits per heavy atom. The summed E-state index contributed by atoms with van der Waals surface area (Å²) < 4.78 is 6.45. The van der Waals surface area contributed by atoms with E-state index < -0.39 is 0 Å². The quantitative estimate of drug-likeness (QED) is 0.669. The number of ether oxygens (including phenoxy) is 1. The van der Waals surface area contributed by atoms with Crippen molar-refractivity contribution in [3.05, 3.63) is 52.5 Å². The van der Waals surface area contributed by atoms with E-state index in [1.54, 1.807) is 7.11 Å². The normalized spacial score (nSPS) is 11.0. The van der Waals surface area contributed by atoms with Gasteiger partial charge in [-0.2, -0.15) is 0 Å². The van der Waals surface area contributed by atoms with Crippen LogP contribution in [0.2, 0.25) is 0 Å². The van der Waals surface area contributed by atoms with Gasteiger partial charge in [0, 0.05) is 10.2 Å². The second-order valence-corrected chi connectivity index (χ2v) is 7.58. The summed E-state index contributed by atoms with van der Waals surface area (Å²) in [5.74, 6) is 0.762. The SMILES string of the molecule is COc1ccc(C(C)(C)C)cc1NC(=S)Nc1ccc(Br)cc1. The Morgan fingerprint density at radius 3 is 2.26 bits per heavy atom. The minimum absolute atomic E-state index is 0.0590. The Labute approximate surface area is 151 Å². The zero-order chi connectivity index (χ0) is 17.0. The maximum absolute atomic E-state index is 5.42. The van der Waals surface area contributed by atoms with E-state index in [4.69, 9.17) is 17.0 Å². The number of hydrogen-bond acceptors (Lipinski definition) is 2. The highest BCUT2D eigenvalue weighted by Gasteiger charge is 2.16. The lowest BCUT2D eigenvalue weighted by molar-refractivity contribution is 0.416. The van der Waals surface area contributed by atoms with E-state index in [0.717, 1.165) is 21.6 Å². The molecule has 0 unspecified atom stereocenters. The Morgan fingerprint density at radius 2 is 1.70 bits per heavy atom. The molecule has 2 aromatic rings. The van der Waals surface area contributed by atoms with Gasteiger partial charge in [-0.15, -0.1) is 0 Å². The van der Waals surface area contributed by atoms with Crippen molar-refractivity contribution in [1.29, 1.82) is 0 Å². The molecule has 0 aromatic heterocycles. The van der Waals surface area contributed by atoms with E-state index in [-0.39, 0.29) is 5.41 Å². The first-order valence-electron chi connectivity index (χ1n) is 7.31. The monoisotopic (exact) mass is 392 g/mol. The van der Waals surface area contributed by atoms with Crippen LogP contribution in [0.5, 0.6) is 5.75 Å². The molecule has 0 spiro atoms. The highest BCUT2D eigenvalue weighted by Crippen LogP contribution is 2.31. The Bertz CT molecular complexity index is 693. The van der Waals surface area contributed by atoms with Gasteiger partial charge in [-0.3, -0.25) is 0 Å². The maximum atomic E-state index is 5.42. The highest BCUT2D eigenvalue weighted by molar-refractivity contribution is 9.10. The van der Waals surface area contributed by atoms with Gasteiger partial charge in [0.25, 0.3) is 0 Å². The van der Waals surface area contributed by atoms with Gasteiger partial charge in [0.05, 0.1) is 12.8 Å². The van der Waals surface area contributed by atoms with Crippen molar-refractivity contribution in [1.82, 2.24) is 0 Å². The molecule has 0 saturated carbocycles. The number of halogens is 1. The van der Waals surface area contributed by atoms with E-state index in [1.807, 2.05) is 30.3 Å². The summed E-state index contributed by atoms with van der Waals surface area (Å²) in [5.41, 5.74) is 3.06. The topological polar surface area (TPSA) is 33.3 Å². The largest absolute Gasteiger partial charge is 0.495 e. The standard InChI is InChI=1S/C18H21BrN2OS/c1-18(2,3)12-5-10-16(22-4)15(11-12)21-17(23)20-14-8-6-13(19)7-9-14/h5-11H,1-4H3,(H2,20,21,23). The molecular formula is C18H21BrN2OS. The summed E-state index contributed by atoms with van der Waals surface area (Å²) in [6, 6.07) is 14.0. The molecule has 3 nitrogen and oxygen atoms in total. The highest BCUT2D eigenvalue weighted by atomic mass is 79.9. The lowest BCUT2D eigenvalue weighted by Gasteiger charge is -2.22. The van der Waals surface area contributed by atoms with Crippen LogP contribution in [0.1, 0.15) is 26.3 Å². The third-order valence-corrected chi connectivity index (χ3v) is 4.15. The number of thiocarbonyl (C=S) groups is 1. The van der Waals surface area contributed by atoms with Gasteiger partial charge < -0.3 is 15.4 Å². The predicted octanol–water partition coefficient (Wildman–Crippen LogP) is 5.56. The van der Waals surface area contributed by atoms with Gasteiger partial charge in [0.1, 0.15) is 5.75 Å². The molecule has 0 aliphatic rings. The lowest BCUT2D eigenvalue weighted by atomic mass is 9.87. The summed E-state index contributed by atoms with van der Waals surface area (Å²) in [6.07, 6.45) is 0. The van der Waals surface area contributed by atoms with Gasteiger partial charge in [-0.1, -0.05) is 42.8 Å². The molecule has 2 rings (SSSR count). The van der Waals surface area contributed by atoms with E-state index in [9.17, 15) is 0 Å². The van der Waals surface area contributed by atoms with Crippen LogP contribution in [0.25, 0.3) is 0 Å². The molecule has 0 amide bonds. The first-order chi connectivity index (χ1) is 10.8. The Kier molecular flexibility index (Phi) is 5.65. The van der Waals surface area contributed by atoms with Crippen LogP contribution in [0.3, 0.4) is 0 Å². The van der Waals surface area contributed by atoms with Crippen LogP contribution < -0.4 is 15.4 Å². The Balaban J connectivity index is 2.17. The summed E-state index contributed by atoms with van der Waals surface area (Å²) >= 11 is 8.82. The molecule has 0 aliphatic carbocycles. The van der Waals surface area contributed by atoms with Crippen LogP contribution in [0.4, 0.5) is 11.4 Å². The van der Waals surface area contributed by atoms with Crippen molar-refractivity contribution in [2.45, 2.75) is 26.2 Å². The molecule has 2 N–H and O–H groups in total. The summed E-state index contributed by atoms with van der Waals surface area (Å²) in [7, 11) is 1.66. The predicted molar refractivity (Wildman–Crippen MR) is 106 cm³/mol. The average molecular weight is 393 g/mol. The fourth-order valence-electron chi connectivity index (χ4n) is 2.09. The van der Waals surface area contributed by atoms with Crippen molar-refractivity contribution in [3.8, 4) is 5.75 Å². The molecule has 0 bridgehead atoms. The van der Waals surface area contributed by atoms with Crippen LogP contribution in [-0.2, 0) is 5.41 Å². The minimum Gasteiger partial charge on any atom is -0.495 e. The molecule has 5 heteroatoms. The van der Waals surface area contributed by atoms with Crippen LogP contribution in [-0.4, -0.2) is 12.2 Å². The fourth-order valence-corrected chi connectivity index (χ4v) is 2.58. The minimum atomic E-state index is 0.0590. The molecule has 0 atom stereocenters. The summed E-state index contributed by atoms with van der Waals surface area (Å²) in [5, 5.41) is 6.92. The average Bonchev–Trinajstić information content (AvgIpc) is 2.48. The van der Waals surface area contributed by atoms with Gasteiger partial charge in [-0.25, -0.2) is 0 Å². The van der Waals surface area contributed by atoms with E-state index in [2.05, 4.69) is 59.5 Å². The van der Waals surface area contributed by atoms with Gasteiger partial charge in [0.15, 0.2) is 5.11 Å². The molecular weight excluding hydrogens is 372 g/mol. The molecule has 23 heavy (non-hydrogen) atoms. The van der Waals surface area contributed by atoms with E-state index in [0.29, 0.717) is 5.11 Å². The molecule has 2 aromatic carbocycles. The molecule has 0 fully saturated rings. The molecule has 122 valence electrons. The molecule has 0 saturated heterocycles. The summed E-state index contributed by atoms with van der Waals surface area (Å²) in [6.45, 7) is 6.53. The third-order valence-electron chi connectivity index (χ3n) is 3.42. The fraction of sp³-hybridized carbons (Fsp3) is 0.278. The smallest absolute Gasteiger partial charge is 0.175 e. The number of hydrogen-bond donors (Lipinski definition) is 2. The van der Waals surface area contributed by atoms with Crippen molar-refractivity contribution in [2.24, 2.45) is 0 Å². The van der Waals surface area contributed by atoms with Gasteiger partial charge >= 0.3 is 0 Å². The molecule has 0 heterocycles. The van der Waals surface area contributed by atoms with Crippen LogP contribution >= 0.6 is 28.1 Å². The number of nitrogens with one attached hydrogen (secondary N) is 2. The van der Waals surface area contributed by atoms with Crippen molar-refractivity contribution in [3.63, 3.8) is 0 Å². The van der Waals surface area contributed by atoms with Crippen LogP contribution in [0, 0.1) is 0 Å². The number of methoxy groups -OCH3 is 1.